The van der Waals surface area contributed by atoms with Crippen LogP contribution in [0.2, 0.25) is 5.02 Å². The first-order valence-electron chi connectivity index (χ1n) is 5.87. The zero-order valence-corrected chi connectivity index (χ0v) is 10.8. The van der Waals surface area contributed by atoms with Crippen molar-refractivity contribution in [2.24, 2.45) is 5.92 Å². The van der Waals surface area contributed by atoms with Gasteiger partial charge in [-0.25, -0.2) is 4.39 Å². The molecule has 1 saturated heterocycles. The Balaban J connectivity index is 2.36. The molecule has 0 saturated carbocycles. The Kier molecular flexibility index (Phi) is 3.71. The molecular formula is C12H14ClFN2O2. The largest absolute Gasteiger partial charge is 0.366 e. The topological polar surface area (TPSA) is 46.4 Å². The minimum absolute atomic E-state index is 0.0748. The summed E-state index contributed by atoms with van der Waals surface area (Å²) >= 11 is 5.71. The lowest BCUT2D eigenvalue weighted by Crippen LogP contribution is -2.33. The van der Waals surface area contributed by atoms with E-state index in [0.717, 1.165) is 32.0 Å². The Morgan fingerprint density at radius 1 is 1.44 bits per heavy atom. The van der Waals surface area contributed by atoms with Crippen LogP contribution in [0.5, 0.6) is 0 Å². The van der Waals surface area contributed by atoms with Crippen molar-refractivity contribution in [3.05, 3.63) is 33.1 Å². The molecule has 0 atom stereocenters. The minimum Gasteiger partial charge on any atom is -0.366 e. The molecule has 1 heterocycles. The fourth-order valence-electron chi connectivity index (χ4n) is 2.17. The summed E-state index contributed by atoms with van der Waals surface area (Å²) in [5.74, 6) is -0.131. The molecule has 0 aromatic heterocycles. The van der Waals surface area contributed by atoms with Crippen molar-refractivity contribution < 1.29 is 9.31 Å². The number of halogens is 2. The number of rotatable bonds is 2. The van der Waals surface area contributed by atoms with E-state index in [2.05, 4.69) is 6.92 Å². The molecule has 0 amide bonds. The number of nitro groups is 1. The summed E-state index contributed by atoms with van der Waals surface area (Å²) in [6.07, 6.45) is 1.96. The highest BCUT2D eigenvalue weighted by Gasteiger charge is 2.25. The molecule has 4 nitrogen and oxygen atoms in total. The number of hydrogen-bond donors (Lipinski definition) is 0. The molecule has 18 heavy (non-hydrogen) atoms. The van der Waals surface area contributed by atoms with E-state index in [1.807, 2.05) is 4.90 Å². The number of benzene rings is 1. The fourth-order valence-corrected chi connectivity index (χ4v) is 2.33. The Morgan fingerprint density at radius 2 is 2.06 bits per heavy atom. The van der Waals surface area contributed by atoms with Crippen molar-refractivity contribution in [1.29, 1.82) is 0 Å². The van der Waals surface area contributed by atoms with Gasteiger partial charge in [0.1, 0.15) is 11.5 Å². The van der Waals surface area contributed by atoms with E-state index in [-0.39, 0.29) is 10.7 Å². The molecule has 1 aliphatic heterocycles. The molecule has 2 rings (SSSR count). The van der Waals surface area contributed by atoms with E-state index in [1.54, 1.807) is 0 Å². The van der Waals surface area contributed by atoms with Gasteiger partial charge in [-0.05, 0) is 24.8 Å². The van der Waals surface area contributed by atoms with Crippen LogP contribution < -0.4 is 4.90 Å². The highest BCUT2D eigenvalue weighted by molar-refractivity contribution is 6.31. The maximum atomic E-state index is 13.3. The maximum Gasteiger partial charge on any atom is 0.295 e. The molecular weight excluding hydrogens is 259 g/mol. The SMILES string of the molecule is CC1CCN(c2cc(Cl)c(F)cc2[N+](=O)[O-])CC1. The summed E-state index contributed by atoms with van der Waals surface area (Å²) in [4.78, 5) is 12.3. The van der Waals surface area contributed by atoms with Crippen molar-refractivity contribution in [3.8, 4) is 0 Å². The summed E-state index contributed by atoms with van der Waals surface area (Å²) in [5.41, 5.74) is 0.199. The fraction of sp³-hybridized carbons (Fsp3) is 0.500. The van der Waals surface area contributed by atoms with Crippen LogP contribution in [0.1, 0.15) is 19.8 Å². The Morgan fingerprint density at radius 3 is 2.61 bits per heavy atom. The van der Waals surface area contributed by atoms with Gasteiger partial charge in [0, 0.05) is 13.1 Å². The van der Waals surface area contributed by atoms with Crippen molar-refractivity contribution in [2.75, 3.05) is 18.0 Å². The van der Waals surface area contributed by atoms with Gasteiger partial charge in [0.15, 0.2) is 0 Å². The lowest BCUT2D eigenvalue weighted by atomic mass is 9.98. The van der Waals surface area contributed by atoms with Crippen LogP contribution in [0.15, 0.2) is 12.1 Å². The second kappa shape index (κ2) is 5.10. The first-order valence-corrected chi connectivity index (χ1v) is 6.25. The molecule has 0 aliphatic carbocycles. The summed E-state index contributed by atoms with van der Waals surface area (Å²) in [7, 11) is 0. The Hall–Kier alpha value is -1.36. The Bertz CT molecular complexity index is 473. The number of piperidine rings is 1. The van der Waals surface area contributed by atoms with Gasteiger partial charge in [0.25, 0.3) is 5.69 Å². The monoisotopic (exact) mass is 272 g/mol. The molecule has 1 aromatic rings. The summed E-state index contributed by atoms with van der Waals surface area (Å²) in [6.45, 7) is 3.64. The van der Waals surface area contributed by atoms with Gasteiger partial charge in [-0.3, -0.25) is 10.1 Å². The second-order valence-corrected chi connectivity index (χ2v) is 5.09. The third-order valence-electron chi connectivity index (χ3n) is 3.34. The predicted molar refractivity (Wildman–Crippen MR) is 68.7 cm³/mol. The lowest BCUT2D eigenvalue weighted by Gasteiger charge is -2.31. The van der Waals surface area contributed by atoms with Gasteiger partial charge >= 0.3 is 0 Å². The summed E-state index contributed by atoms with van der Waals surface area (Å²) in [5, 5.41) is 10.9. The summed E-state index contributed by atoms with van der Waals surface area (Å²) < 4.78 is 13.3. The van der Waals surface area contributed by atoms with Crippen molar-refractivity contribution in [3.63, 3.8) is 0 Å². The average molecular weight is 273 g/mol. The van der Waals surface area contributed by atoms with E-state index in [1.165, 1.54) is 6.07 Å². The molecule has 0 bridgehead atoms. The third kappa shape index (κ3) is 2.56. The lowest BCUT2D eigenvalue weighted by molar-refractivity contribution is -0.384. The maximum absolute atomic E-state index is 13.3. The van der Waals surface area contributed by atoms with Gasteiger partial charge in [0.05, 0.1) is 16.0 Å². The molecule has 1 aromatic carbocycles. The zero-order chi connectivity index (χ0) is 13.3. The third-order valence-corrected chi connectivity index (χ3v) is 3.63. The number of anilines is 1. The first-order chi connectivity index (χ1) is 8.49. The molecule has 0 radical (unpaired) electrons. The van der Waals surface area contributed by atoms with Gasteiger partial charge < -0.3 is 4.90 Å². The van der Waals surface area contributed by atoms with Crippen molar-refractivity contribution in [1.82, 2.24) is 0 Å². The van der Waals surface area contributed by atoms with E-state index >= 15 is 0 Å². The van der Waals surface area contributed by atoms with Gasteiger partial charge in [0.2, 0.25) is 0 Å². The normalized spacial score (nSPS) is 16.9. The number of nitro benzene ring substituents is 1. The van der Waals surface area contributed by atoms with Gasteiger partial charge in [-0.1, -0.05) is 18.5 Å². The molecule has 1 aliphatic rings. The van der Waals surface area contributed by atoms with Crippen LogP contribution in [-0.4, -0.2) is 18.0 Å². The van der Waals surface area contributed by atoms with Crippen LogP contribution in [0.25, 0.3) is 0 Å². The molecule has 0 spiro atoms. The predicted octanol–water partition coefficient (Wildman–Crippen LogP) is 3.62. The van der Waals surface area contributed by atoms with Crippen LogP contribution >= 0.6 is 11.6 Å². The average Bonchev–Trinajstić information content (AvgIpc) is 2.33. The smallest absolute Gasteiger partial charge is 0.295 e. The standard InChI is InChI=1S/C12H14ClFN2O2/c1-8-2-4-15(5-3-8)11-6-9(13)10(14)7-12(11)16(17)18/h6-8H,2-5H2,1H3. The van der Waals surface area contributed by atoms with E-state index in [9.17, 15) is 14.5 Å². The van der Waals surface area contributed by atoms with Gasteiger partial charge in [-0.15, -0.1) is 0 Å². The van der Waals surface area contributed by atoms with E-state index in [4.69, 9.17) is 11.6 Å². The molecule has 0 unspecified atom stereocenters. The van der Waals surface area contributed by atoms with Crippen LogP contribution in [0.4, 0.5) is 15.8 Å². The molecule has 6 heteroatoms. The first kappa shape index (κ1) is 13.1. The minimum atomic E-state index is -0.752. The highest BCUT2D eigenvalue weighted by atomic mass is 35.5. The number of nitrogens with zero attached hydrogens (tertiary/aromatic N) is 2. The van der Waals surface area contributed by atoms with Crippen molar-refractivity contribution in [2.45, 2.75) is 19.8 Å². The van der Waals surface area contributed by atoms with Crippen LogP contribution in [-0.2, 0) is 0 Å². The Labute approximate surface area is 109 Å². The molecule has 1 fully saturated rings. The summed E-state index contributed by atoms with van der Waals surface area (Å²) in [6, 6.07) is 2.25. The highest BCUT2D eigenvalue weighted by Crippen LogP contribution is 2.35. The zero-order valence-electron chi connectivity index (χ0n) is 10.0. The molecule has 0 N–H and O–H groups in total. The van der Waals surface area contributed by atoms with Crippen LogP contribution in [0.3, 0.4) is 0 Å². The van der Waals surface area contributed by atoms with Crippen LogP contribution in [0, 0.1) is 21.8 Å². The van der Waals surface area contributed by atoms with E-state index < -0.39 is 10.7 Å². The van der Waals surface area contributed by atoms with E-state index in [0.29, 0.717) is 11.6 Å². The molecule has 98 valence electrons. The van der Waals surface area contributed by atoms with Crippen molar-refractivity contribution >= 4 is 23.0 Å². The quantitative estimate of drug-likeness (QED) is 0.610. The number of hydrogen-bond acceptors (Lipinski definition) is 3. The van der Waals surface area contributed by atoms with Gasteiger partial charge in [-0.2, -0.15) is 0 Å². The second-order valence-electron chi connectivity index (χ2n) is 4.68.